The highest BCUT2D eigenvalue weighted by molar-refractivity contribution is 5.36. The molecular weight excluding hydrogens is 314 g/mol. The van der Waals surface area contributed by atoms with Gasteiger partial charge >= 0.3 is 0 Å². The Bertz CT molecular complexity index is 532. The number of likely N-dealkylation sites (N-methyl/N-ethyl adjacent to an activating group) is 2. The molecule has 0 spiro atoms. The first-order valence-electron chi connectivity index (χ1n) is 9.40. The molecule has 6 heteroatoms. The Balaban J connectivity index is 1.94. The van der Waals surface area contributed by atoms with Crippen LogP contribution in [0, 0.1) is 19.8 Å². The monoisotopic (exact) mass is 349 g/mol. The quantitative estimate of drug-likeness (QED) is 0.802. The summed E-state index contributed by atoms with van der Waals surface area (Å²) in [5.74, 6) is 1.30. The van der Waals surface area contributed by atoms with Crippen LogP contribution in [0.5, 0.6) is 0 Å². The Morgan fingerprint density at radius 3 is 2.16 bits per heavy atom. The molecule has 1 aromatic rings. The van der Waals surface area contributed by atoms with Crippen LogP contribution in [-0.2, 0) is 6.42 Å². The number of piperazine rings is 1. The van der Waals surface area contributed by atoms with Gasteiger partial charge in [-0.15, -0.1) is 0 Å². The highest BCUT2D eigenvalue weighted by Gasteiger charge is 2.19. The van der Waals surface area contributed by atoms with Crippen molar-refractivity contribution in [3.05, 3.63) is 17.0 Å². The molecule has 0 bridgehead atoms. The number of anilines is 1. The zero-order valence-electron chi connectivity index (χ0n) is 16.8. The van der Waals surface area contributed by atoms with Crippen LogP contribution in [0.25, 0.3) is 0 Å². The van der Waals surface area contributed by atoms with E-state index in [0.29, 0.717) is 25.0 Å². The van der Waals surface area contributed by atoms with Crippen molar-refractivity contribution in [3.8, 4) is 0 Å². The number of aliphatic hydroxyl groups excluding tert-OH is 1. The predicted octanol–water partition coefficient (Wildman–Crippen LogP) is 1.34. The summed E-state index contributed by atoms with van der Waals surface area (Å²) < 4.78 is 0. The first-order chi connectivity index (χ1) is 11.8. The van der Waals surface area contributed by atoms with E-state index >= 15 is 0 Å². The van der Waals surface area contributed by atoms with Crippen LogP contribution in [-0.4, -0.2) is 84.3 Å². The van der Waals surface area contributed by atoms with Gasteiger partial charge in [0.25, 0.3) is 0 Å². The molecule has 1 fully saturated rings. The Morgan fingerprint density at radius 1 is 1.08 bits per heavy atom. The summed E-state index contributed by atoms with van der Waals surface area (Å²) in [4.78, 5) is 16.0. The van der Waals surface area contributed by atoms with E-state index in [9.17, 15) is 5.11 Å². The fourth-order valence-electron chi connectivity index (χ4n) is 3.38. The lowest BCUT2D eigenvalue weighted by atomic mass is 10.0. The minimum atomic E-state index is -0.395. The van der Waals surface area contributed by atoms with Crippen molar-refractivity contribution in [2.45, 2.75) is 40.2 Å². The maximum Gasteiger partial charge on any atom is 0.225 e. The topological polar surface area (TPSA) is 55.7 Å². The molecule has 1 saturated heterocycles. The van der Waals surface area contributed by atoms with Crippen LogP contribution in [0.15, 0.2) is 0 Å². The number of hydrogen-bond donors (Lipinski definition) is 1. The normalized spacial score (nSPS) is 17.9. The minimum absolute atomic E-state index is 0.395. The summed E-state index contributed by atoms with van der Waals surface area (Å²) in [7, 11) is 4.11. The smallest absolute Gasteiger partial charge is 0.225 e. The Labute approximate surface area is 152 Å². The molecule has 0 aromatic carbocycles. The van der Waals surface area contributed by atoms with Crippen molar-refractivity contribution in [3.63, 3.8) is 0 Å². The maximum absolute atomic E-state index is 10.5. The standard InChI is InChI=1S/C19H35N5O/c1-14(2)11-18-15(3)20-19(21-16(18)4)23(6)12-17(25)13-24-9-7-22(5)8-10-24/h14,17,25H,7-13H2,1-6H3. The molecule has 2 heterocycles. The zero-order valence-corrected chi connectivity index (χ0v) is 16.8. The van der Waals surface area contributed by atoms with Gasteiger partial charge in [0.05, 0.1) is 6.10 Å². The lowest BCUT2D eigenvalue weighted by molar-refractivity contribution is 0.0841. The number of aromatic nitrogens is 2. The largest absolute Gasteiger partial charge is 0.390 e. The first-order valence-corrected chi connectivity index (χ1v) is 9.40. The third-order valence-corrected chi connectivity index (χ3v) is 4.91. The third-order valence-electron chi connectivity index (χ3n) is 4.91. The Hall–Kier alpha value is -1.24. The molecule has 1 aliphatic rings. The second-order valence-electron chi connectivity index (χ2n) is 7.91. The molecule has 1 aromatic heterocycles. The van der Waals surface area contributed by atoms with E-state index in [0.717, 1.165) is 44.0 Å². The lowest BCUT2D eigenvalue weighted by Crippen LogP contribution is -2.48. The van der Waals surface area contributed by atoms with E-state index in [-0.39, 0.29) is 0 Å². The van der Waals surface area contributed by atoms with E-state index < -0.39 is 6.10 Å². The molecule has 0 amide bonds. The van der Waals surface area contributed by atoms with Gasteiger partial charge in [0.2, 0.25) is 5.95 Å². The molecule has 1 atom stereocenters. The Kier molecular flexibility index (Phi) is 7.16. The van der Waals surface area contributed by atoms with Gasteiger partial charge < -0.3 is 14.9 Å². The van der Waals surface area contributed by atoms with Crippen LogP contribution in [0.1, 0.15) is 30.8 Å². The molecule has 25 heavy (non-hydrogen) atoms. The SMILES string of the molecule is Cc1nc(N(C)CC(O)CN2CCN(C)CC2)nc(C)c1CC(C)C. The van der Waals surface area contributed by atoms with Crippen LogP contribution >= 0.6 is 0 Å². The molecule has 0 saturated carbocycles. The van der Waals surface area contributed by atoms with E-state index in [1.807, 2.05) is 11.9 Å². The van der Waals surface area contributed by atoms with Gasteiger partial charge in [-0.2, -0.15) is 0 Å². The van der Waals surface area contributed by atoms with Crippen LogP contribution < -0.4 is 4.90 Å². The molecule has 142 valence electrons. The number of hydrogen-bond acceptors (Lipinski definition) is 6. The highest BCUT2D eigenvalue weighted by atomic mass is 16.3. The van der Waals surface area contributed by atoms with Gasteiger partial charge in [-0.3, -0.25) is 4.90 Å². The fraction of sp³-hybridized carbons (Fsp3) is 0.789. The van der Waals surface area contributed by atoms with E-state index in [1.54, 1.807) is 0 Å². The predicted molar refractivity (Wildman–Crippen MR) is 103 cm³/mol. The van der Waals surface area contributed by atoms with Crippen molar-refractivity contribution in [2.24, 2.45) is 5.92 Å². The van der Waals surface area contributed by atoms with Gasteiger partial charge in [0, 0.05) is 57.7 Å². The highest BCUT2D eigenvalue weighted by Crippen LogP contribution is 2.18. The van der Waals surface area contributed by atoms with Crippen molar-refractivity contribution in [1.29, 1.82) is 0 Å². The summed E-state index contributed by atoms with van der Waals surface area (Å²) in [6, 6.07) is 0. The molecule has 0 radical (unpaired) electrons. The molecule has 2 rings (SSSR count). The second kappa shape index (κ2) is 8.92. The first kappa shape index (κ1) is 20.1. The molecule has 1 N–H and O–H groups in total. The molecule has 1 aliphatic heterocycles. The summed E-state index contributed by atoms with van der Waals surface area (Å²) in [6.07, 6.45) is 0.612. The molecule has 1 unspecified atom stereocenters. The lowest BCUT2D eigenvalue weighted by Gasteiger charge is -2.34. The number of aliphatic hydroxyl groups is 1. The van der Waals surface area contributed by atoms with Crippen LogP contribution in [0.2, 0.25) is 0 Å². The average Bonchev–Trinajstić information content (AvgIpc) is 2.52. The number of aryl methyl sites for hydroxylation is 2. The summed E-state index contributed by atoms with van der Waals surface area (Å²) in [5, 5.41) is 10.5. The summed E-state index contributed by atoms with van der Waals surface area (Å²) >= 11 is 0. The number of nitrogens with zero attached hydrogens (tertiary/aromatic N) is 5. The van der Waals surface area contributed by atoms with Crippen molar-refractivity contribution in [1.82, 2.24) is 19.8 Å². The van der Waals surface area contributed by atoms with E-state index in [2.05, 4.69) is 54.5 Å². The van der Waals surface area contributed by atoms with E-state index in [4.69, 9.17) is 0 Å². The third kappa shape index (κ3) is 5.90. The van der Waals surface area contributed by atoms with Gasteiger partial charge in [0.1, 0.15) is 0 Å². The van der Waals surface area contributed by atoms with Crippen molar-refractivity contribution < 1.29 is 5.11 Å². The Morgan fingerprint density at radius 2 is 1.64 bits per heavy atom. The minimum Gasteiger partial charge on any atom is -0.390 e. The average molecular weight is 350 g/mol. The summed E-state index contributed by atoms with van der Waals surface area (Å²) in [6.45, 7) is 14.0. The molecule has 6 nitrogen and oxygen atoms in total. The molecular formula is C19H35N5O. The zero-order chi connectivity index (χ0) is 18.6. The summed E-state index contributed by atoms with van der Waals surface area (Å²) in [5.41, 5.74) is 3.36. The van der Waals surface area contributed by atoms with Crippen molar-refractivity contribution in [2.75, 3.05) is 58.3 Å². The molecule has 0 aliphatic carbocycles. The van der Waals surface area contributed by atoms with Gasteiger partial charge in [-0.05, 0) is 38.8 Å². The van der Waals surface area contributed by atoms with Gasteiger partial charge in [-0.25, -0.2) is 9.97 Å². The van der Waals surface area contributed by atoms with Gasteiger partial charge in [0.15, 0.2) is 0 Å². The van der Waals surface area contributed by atoms with E-state index in [1.165, 1.54) is 5.56 Å². The van der Waals surface area contributed by atoms with Crippen molar-refractivity contribution >= 4 is 5.95 Å². The number of rotatable bonds is 7. The van der Waals surface area contributed by atoms with Crippen LogP contribution in [0.4, 0.5) is 5.95 Å². The van der Waals surface area contributed by atoms with Crippen LogP contribution in [0.3, 0.4) is 0 Å². The second-order valence-corrected chi connectivity index (χ2v) is 7.91. The fourth-order valence-corrected chi connectivity index (χ4v) is 3.38. The number of β-amino-alcohol motifs (C(OH)–C–C–N with tert-alkyl or cyclic N) is 1. The maximum atomic E-state index is 10.5. The van der Waals surface area contributed by atoms with Gasteiger partial charge in [-0.1, -0.05) is 13.8 Å².